The van der Waals surface area contributed by atoms with Gasteiger partial charge in [-0.1, -0.05) is 0 Å². The smallest absolute Gasteiger partial charge is 0.221 e. The molecule has 4 N–H and O–H groups in total. The molecule has 0 aliphatic heterocycles. The summed E-state index contributed by atoms with van der Waals surface area (Å²) >= 11 is 0. The Hall–Kier alpha value is -1.32. The van der Waals surface area contributed by atoms with Gasteiger partial charge in [-0.2, -0.15) is 4.98 Å². The van der Waals surface area contributed by atoms with Crippen LogP contribution in [0.3, 0.4) is 0 Å². The van der Waals surface area contributed by atoms with Crippen molar-refractivity contribution in [1.29, 1.82) is 0 Å². The summed E-state index contributed by atoms with van der Waals surface area (Å²) in [4.78, 5) is 7.81. The van der Waals surface area contributed by atoms with Crippen LogP contribution >= 0.6 is 0 Å². The van der Waals surface area contributed by atoms with Crippen LogP contribution in [0.25, 0.3) is 0 Å². The molecule has 0 atom stereocenters. The third-order valence-corrected chi connectivity index (χ3v) is 2.12. The van der Waals surface area contributed by atoms with Gasteiger partial charge in [-0.25, -0.2) is 4.98 Å². The second-order valence-electron chi connectivity index (χ2n) is 3.29. The van der Waals surface area contributed by atoms with Crippen molar-refractivity contribution >= 4 is 11.8 Å². The van der Waals surface area contributed by atoms with Crippen molar-refractivity contribution in [2.24, 2.45) is 5.92 Å². The summed E-state index contributed by atoms with van der Waals surface area (Å²) < 4.78 is 0. The van der Waals surface area contributed by atoms with Gasteiger partial charge < -0.3 is 11.5 Å². The molecule has 0 saturated heterocycles. The van der Waals surface area contributed by atoms with E-state index in [0.717, 1.165) is 17.9 Å². The number of nitrogens with zero attached hydrogens (tertiary/aromatic N) is 2. The van der Waals surface area contributed by atoms with E-state index in [-0.39, 0.29) is 5.95 Å². The first-order chi connectivity index (χ1) is 5.75. The van der Waals surface area contributed by atoms with Crippen molar-refractivity contribution in [3.63, 3.8) is 0 Å². The zero-order valence-electron chi connectivity index (χ0n) is 6.83. The average Bonchev–Trinajstić information content (AvgIpc) is 2.79. The molecule has 0 aromatic carbocycles. The van der Waals surface area contributed by atoms with E-state index in [4.69, 9.17) is 11.5 Å². The molecule has 0 amide bonds. The molecule has 0 radical (unpaired) electrons. The van der Waals surface area contributed by atoms with Crippen LogP contribution in [0.5, 0.6) is 0 Å². The summed E-state index contributed by atoms with van der Waals surface area (Å²) in [5, 5.41) is 0. The highest BCUT2D eigenvalue weighted by Crippen LogP contribution is 2.33. The number of hydrogen-bond donors (Lipinski definition) is 2. The van der Waals surface area contributed by atoms with E-state index in [1.807, 2.05) is 0 Å². The second-order valence-corrected chi connectivity index (χ2v) is 3.29. The number of nitrogens with two attached hydrogens (primary N) is 2. The van der Waals surface area contributed by atoms with E-state index in [9.17, 15) is 0 Å². The van der Waals surface area contributed by atoms with Crippen molar-refractivity contribution in [2.75, 3.05) is 11.5 Å². The van der Waals surface area contributed by atoms with Crippen molar-refractivity contribution < 1.29 is 0 Å². The zero-order chi connectivity index (χ0) is 8.55. The summed E-state index contributed by atoms with van der Waals surface area (Å²) in [7, 11) is 0. The number of rotatable bonds is 2. The van der Waals surface area contributed by atoms with E-state index in [0.29, 0.717) is 5.82 Å². The fraction of sp³-hybridized carbons (Fsp3) is 0.500. The molecule has 1 aliphatic rings. The summed E-state index contributed by atoms with van der Waals surface area (Å²) in [6.07, 6.45) is 5.36. The minimum atomic E-state index is 0.257. The lowest BCUT2D eigenvalue weighted by atomic mass is 10.1. The van der Waals surface area contributed by atoms with Crippen LogP contribution in [-0.4, -0.2) is 9.97 Å². The minimum Gasteiger partial charge on any atom is -0.383 e. The minimum absolute atomic E-state index is 0.257. The Labute approximate surface area is 71.0 Å². The Balaban J connectivity index is 2.18. The zero-order valence-corrected chi connectivity index (χ0v) is 6.83. The van der Waals surface area contributed by atoms with Gasteiger partial charge in [-0.05, 0) is 25.2 Å². The number of nitrogen functional groups attached to an aromatic ring is 2. The molecular formula is C8H12N4. The lowest BCUT2D eigenvalue weighted by Gasteiger charge is -2.02. The molecule has 1 heterocycles. The van der Waals surface area contributed by atoms with Gasteiger partial charge in [-0.15, -0.1) is 0 Å². The highest BCUT2D eigenvalue weighted by molar-refractivity contribution is 5.41. The third kappa shape index (κ3) is 1.47. The van der Waals surface area contributed by atoms with Crippen LogP contribution in [-0.2, 0) is 6.42 Å². The molecule has 1 aliphatic carbocycles. The molecule has 0 bridgehead atoms. The monoisotopic (exact) mass is 164 g/mol. The molecule has 12 heavy (non-hydrogen) atoms. The van der Waals surface area contributed by atoms with E-state index in [2.05, 4.69) is 9.97 Å². The maximum absolute atomic E-state index is 5.67. The maximum atomic E-state index is 5.67. The van der Waals surface area contributed by atoms with Gasteiger partial charge in [0, 0.05) is 11.8 Å². The molecule has 0 spiro atoms. The van der Waals surface area contributed by atoms with Crippen LogP contribution in [0, 0.1) is 5.92 Å². The van der Waals surface area contributed by atoms with Gasteiger partial charge in [-0.3, -0.25) is 0 Å². The predicted molar refractivity (Wildman–Crippen MR) is 47.3 cm³/mol. The SMILES string of the molecule is Nc1ncc(CC2CC2)c(N)n1. The number of anilines is 2. The highest BCUT2D eigenvalue weighted by atomic mass is 15.0. The fourth-order valence-corrected chi connectivity index (χ4v) is 1.22. The van der Waals surface area contributed by atoms with Crippen LogP contribution < -0.4 is 11.5 Å². The van der Waals surface area contributed by atoms with Gasteiger partial charge in [0.15, 0.2) is 0 Å². The molecule has 4 nitrogen and oxygen atoms in total. The lowest BCUT2D eigenvalue weighted by Crippen LogP contribution is -2.03. The Bertz CT molecular complexity index is 293. The van der Waals surface area contributed by atoms with Gasteiger partial charge >= 0.3 is 0 Å². The van der Waals surface area contributed by atoms with E-state index in [1.54, 1.807) is 6.20 Å². The van der Waals surface area contributed by atoms with Crippen molar-refractivity contribution in [3.05, 3.63) is 11.8 Å². The molecular weight excluding hydrogens is 152 g/mol. The predicted octanol–water partition coefficient (Wildman–Crippen LogP) is 0.594. The summed E-state index contributed by atoms with van der Waals surface area (Å²) in [6, 6.07) is 0. The van der Waals surface area contributed by atoms with Crippen LogP contribution in [0.15, 0.2) is 6.20 Å². The van der Waals surface area contributed by atoms with E-state index in [1.165, 1.54) is 12.8 Å². The Kier molecular flexibility index (Phi) is 1.60. The summed E-state index contributed by atoms with van der Waals surface area (Å²) in [5.41, 5.74) is 12.1. The van der Waals surface area contributed by atoms with Crippen LogP contribution in [0.4, 0.5) is 11.8 Å². The molecule has 4 heteroatoms. The van der Waals surface area contributed by atoms with Gasteiger partial charge in [0.2, 0.25) is 5.95 Å². The first-order valence-corrected chi connectivity index (χ1v) is 4.12. The lowest BCUT2D eigenvalue weighted by molar-refractivity contribution is 0.824. The van der Waals surface area contributed by atoms with Crippen molar-refractivity contribution in [1.82, 2.24) is 9.97 Å². The molecule has 2 rings (SSSR count). The van der Waals surface area contributed by atoms with Crippen LogP contribution in [0.2, 0.25) is 0 Å². The Morgan fingerprint density at radius 1 is 1.42 bits per heavy atom. The standard InChI is InChI=1S/C8H12N4/c9-7-6(3-5-1-2-5)4-11-8(10)12-7/h4-5H,1-3H2,(H4,9,10,11,12). The summed E-state index contributed by atoms with van der Waals surface area (Å²) in [6.45, 7) is 0. The first kappa shape index (κ1) is 7.34. The molecule has 1 aromatic rings. The maximum Gasteiger partial charge on any atom is 0.221 e. The Morgan fingerprint density at radius 2 is 2.17 bits per heavy atom. The van der Waals surface area contributed by atoms with Crippen molar-refractivity contribution in [3.8, 4) is 0 Å². The number of hydrogen-bond acceptors (Lipinski definition) is 4. The first-order valence-electron chi connectivity index (χ1n) is 4.12. The average molecular weight is 164 g/mol. The molecule has 1 fully saturated rings. The molecule has 0 unspecified atom stereocenters. The molecule has 1 saturated carbocycles. The quantitative estimate of drug-likeness (QED) is 0.670. The third-order valence-electron chi connectivity index (χ3n) is 2.12. The van der Waals surface area contributed by atoms with Gasteiger partial charge in [0.25, 0.3) is 0 Å². The number of aromatic nitrogens is 2. The van der Waals surface area contributed by atoms with Gasteiger partial charge in [0.1, 0.15) is 5.82 Å². The van der Waals surface area contributed by atoms with Gasteiger partial charge in [0.05, 0.1) is 0 Å². The van der Waals surface area contributed by atoms with Crippen LogP contribution in [0.1, 0.15) is 18.4 Å². The molecule has 1 aromatic heterocycles. The highest BCUT2D eigenvalue weighted by Gasteiger charge is 2.22. The largest absolute Gasteiger partial charge is 0.383 e. The topological polar surface area (TPSA) is 77.8 Å². The van der Waals surface area contributed by atoms with Crippen molar-refractivity contribution in [2.45, 2.75) is 19.3 Å². The second kappa shape index (κ2) is 2.62. The Morgan fingerprint density at radius 3 is 2.75 bits per heavy atom. The summed E-state index contributed by atoms with van der Waals surface area (Å²) in [5.74, 6) is 1.60. The fourth-order valence-electron chi connectivity index (χ4n) is 1.22. The molecule has 64 valence electrons. The van der Waals surface area contributed by atoms with E-state index < -0.39 is 0 Å². The van der Waals surface area contributed by atoms with E-state index >= 15 is 0 Å². The normalized spacial score (nSPS) is 16.3.